The number of carbonyl (C=O) groups is 1. The molecule has 2 aromatic carbocycles. The fourth-order valence-electron chi connectivity index (χ4n) is 3.24. The Hall–Kier alpha value is -1.91. The van der Waals surface area contributed by atoms with Crippen molar-refractivity contribution in [2.75, 3.05) is 18.1 Å². The van der Waals surface area contributed by atoms with Crippen LogP contribution in [0.4, 0.5) is 0 Å². The first kappa shape index (κ1) is 27.3. The number of hydrogen-bond donors (Lipinski definition) is 0. The van der Waals surface area contributed by atoms with E-state index in [1.165, 1.54) is 31.4 Å². The summed E-state index contributed by atoms with van der Waals surface area (Å²) >= 11 is 8.13. The lowest BCUT2D eigenvalue weighted by Crippen LogP contribution is -2.26. The highest BCUT2D eigenvalue weighted by molar-refractivity contribution is 7.99. The van der Waals surface area contributed by atoms with E-state index in [2.05, 4.69) is 6.58 Å². The van der Waals surface area contributed by atoms with Crippen LogP contribution in [0.2, 0.25) is 0 Å². The summed E-state index contributed by atoms with van der Waals surface area (Å²) in [4.78, 5) is 12.1. The summed E-state index contributed by atoms with van der Waals surface area (Å²) in [5, 5.41) is -0.631. The van der Waals surface area contributed by atoms with E-state index in [-0.39, 0.29) is 5.92 Å². The van der Waals surface area contributed by atoms with E-state index in [0.29, 0.717) is 5.75 Å². The van der Waals surface area contributed by atoms with Crippen LogP contribution in [-0.2, 0) is 4.79 Å². The minimum absolute atomic E-state index is 0.0789. The third-order valence-electron chi connectivity index (χ3n) is 5.57. The van der Waals surface area contributed by atoms with Gasteiger partial charge in [-0.15, -0.1) is 18.2 Å². The highest BCUT2D eigenvalue weighted by Gasteiger charge is 2.23. The molecule has 33 heavy (non-hydrogen) atoms. The molecule has 2 aromatic rings. The smallest absolute Gasteiger partial charge is 0.329 e. The first-order chi connectivity index (χ1) is 16.0. The number of alkyl halides is 1. The SMILES string of the molecule is C=CCCCCCCSCCOc1ccc(-c2ccc(OC(=O)C(Cl)C(C)CC)cc2)cc1. The van der Waals surface area contributed by atoms with Crippen molar-refractivity contribution in [2.24, 2.45) is 5.92 Å². The van der Waals surface area contributed by atoms with E-state index < -0.39 is 11.3 Å². The summed E-state index contributed by atoms with van der Waals surface area (Å²) in [6.45, 7) is 8.43. The highest BCUT2D eigenvalue weighted by Crippen LogP contribution is 2.26. The summed E-state index contributed by atoms with van der Waals surface area (Å²) in [6, 6.07) is 15.6. The molecule has 0 radical (unpaired) electrons. The van der Waals surface area contributed by atoms with E-state index >= 15 is 0 Å². The van der Waals surface area contributed by atoms with Gasteiger partial charge >= 0.3 is 5.97 Å². The van der Waals surface area contributed by atoms with Crippen LogP contribution in [0.15, 0.2) is 61.2 Å². The van der Waals surface area contributed by atoms with E-state index in [1.54, 1.807) is 12.1 Å². The molecule has 2 rings (SSSR count). The molecule has 2 unspecified atom stereocenters. The minimum atomic E-state index is -0.631. The van der Waals surface area contributed by atoms with Crippen LogP contribution in [0, 0.1) is 5.92 Å². The quantitative estimate of drug-likeness (QED) is 0.0784. The number of hydrogen-bond acceptors (Lipinski definition) is 4. The van der Waals surface area contributed by atoms with Crippen LogP contribution >= 0.6 is 23.4 Å². The van der Waals surface area contributed by atoms with Gasteiger partial charge in [0, 0.05) is 5.75 Å². The van der Waals surface area contributed by atoms with Gasteiger partial charge in [0.15, 0.2) is 0 Å². The van der Waals surface area contributed by atoms with Crippen LogP contribution in [0.25, 0.3) is 11.1 Å². The first-order valence-electron chi connectivity index (χ1n) is 11.9. The first-order valence-corrected chi connectivity index (χ1v) is 13.5. The Morgan fingerprint density at radius 1 is 0.970 bits per heavy atom. The molecule has 3 nitrogen and oxygen atoms in total. The molecule has 2 atom stereocenters. The van der Waals surface area contributed by atoms with Gasteiger partial charge in [0.1, 0.15) is 16.9 Å². The Labute approximate surface area is 208 Å². The predicted octanol–water partition coefficient (Wildman–Crippen LogP) is 8.16. The van der Waals surface area contributed by atoms with E-state index in [4.69, 9.17) is 21.1 Å². The molecule has 0 aromatic heterocycles. The van der Waals surface area contributed by atoms with E-state index in [1.807, 2.05) is 68.1 Å². The monoisotopic (exact) mass is 488 g/mol. The maximum Gasteiger partial charge on any atom is 0.329 e. The zero-order chi connectivity index (χ0) is 23.9. The summed E-state index contributed by atoms with van der Waals surface area (Å²) in [5.41, 5.74) is 2.13. The lowest BCUT2D eigenvalue weighted by molar-refractivity contribution is -0.134. The lowest BCUT2D eigenvalue weighted by Gasteiger charge is -2.15. The van der Waals surface area contributed by atoms with Crippen LogP contribution in [0.1, 0.15) is 52.4 Å². The van der Waals surface area contributed by atoms with Gasteiger partial charge in [0.2, 0.25) is 0 Å². The molecule has 180 valence electrons. The molecular weight excluding hydrogens is 452 g/mol. The number of halogens is 1. The maximum absolute atomic E-state index is 12.1. The number of unbranched alkanes of at least 4 members (excludes halogenated alkanes) is 4. The molecular formula is C28H37ClO3S. The zero-order valence-corrected chi connectivity index (χ0v) is 21.5. The number of allylic oxidation sites excluding steroid dienone is 1. The van der Waals surface area contributed by atoms with Crippen LogP contribution in [-0.4, -0.2) is 29.5 Å². The van der Waals surface area contributed by atoms with Crippen molar-refractivity contribution in [1.29, 1.82) is 0 Å². The standard InChI is InChI=1S/C28H37ClO3S/c1-4-6-7-8-9-10-20-33-21-19-31-25-15-11-23(12-16-25)24-13-17-26(18-14-24)32-28(30)27(29)22(3)5-2/h4,11-18,22,27H,1,5-10,19-21H2,2-3H3. The Kier molecular flexibility index (Phi) is 13.1. The second kappa shape index (κ2) is 15.8. The van der Waals surface area contributed by atoms with E-state index in [9.17, 15) is 4.79 Å². The molecule has 5 heteroatoms. The number of carbonyl (C=O) groups excluding carboxylic acids is 1. The number of thioether (sulfide) groups is 1. The third-order valence-corrected chi connectivity index (χ3v) is 7.21. The topological polar surface area (TPSA) is 35.5 Å². The van der Waals surface area contributed by atoms with Crippen molar-refractivity contribution >= 4 is 29.3 Å². The van der Waals surface area contributed by atoms with Crippen molar-refractivity contribution in [3.8, 4) is 22.6 Å². The van der Waals surface area contributed by atoms with Crippen molar-refractivity contribution in [3.63, 3.8) is 0 Å². The van der Waals surface area contributed by atoms with E-state index in [0.717, 1.165) is 42.1 Å². The second-order valence-electron chi connectivity index (χ2n) is 8.21. The molecule has 0 spiro atoms. The average Bonchev–Trinajstić information content (AvgIpc) is 2.85. The Balaban J connectivity index is 1.70. The normalized spacial score (nSPS) is 12.7. The maximum atomic E-state index is 12.1. The van der Waals surface area contributed by atoms with Crippen molar-refractivity contribution < 1.29 is 14.3 Å². The van der Waals surface area contributed by atoms with Gasteiger partial charge in [-0.2, -0.15) is 11.8 Å². The fourth-order valence-corrected chi connectivity index (χ4v) is 4.27. The molecule has 0 aliphatic carbocycles. The summed E-state index contributed by atoms with van der Waals surface area (Å²) in [6.07, 6.45) is 9.11. The van der Waals surface area contributed by atoms with Gasteiger partial charge in [0.25, 0.3) is 0 Å². The van der Waals surface area contributed by atoms with Crippen molar-refractivity contribution in [3.05, 3.63) is 61.2 Å². The highest BCUT2D eigenvalue weighted by atomic mass is 35.5. The number of ether oxygens (including phenoxy) is 2. The van der Waals surface area contributed by atoms with Crippen LogP contribution in [0.5, 0.6) is 11.5 Å². The van der Waals surface area contributed by atoms with Gasteiger partial charge in [0.05, 0.1) is 6.61 Å². The molecule has 0 aliphatic heterocycles. The number of esters is 1. The fraction of sp³-hybridized carbons (Fsp3) is 0.464. The largest absolute Gasteiger partial charge is 0.493 e. The molecule has 0 fully saturated rings. The number of benzene rings is 2. The average molecular weight is 489 g/mol. The number of rotatable bonds is 16. The van der Waals surface area contributed by atoms with Gasteiger partial charge in [-0.3, -0.25) is 4.79 Å². The van der Waals surface area contributed by atoms with Gasteiger partial charge < -0.3 is 9.47 Å². The molecule has 0 saturated carbocycles. The molecule has 0 saturated heterocycles. The van der Waals surface area contributed by atoms with Gasteiger partial charge in [-0.1, -0.05) is 63.5 Å². The Bertz CT molecular complexity index is 820. The Morgan fingerprint density at radius 3 is 2.18 bits per heavy atom. The van der Waals surface area contributed by atoms with Crippen molar-refractivity contribution in [2.45, 2.75) is 57.7 Å². The molecule has 0 N–H and O–H groups in total. The molecule has 0 bridgehead atoms. The minimum Gasteiger partial charge on any atom is -0.493 e. The third kappa shape index (κ3) is 10.3. The van der Waals surface area contributed by atoms with Gasteiger partial charge in [-0.05, 0) is 66.3 Å². The lowest BCUT2D eigenvalue weighted by atomic mass is 10.0. The molecule has 0 aliphatic rings. The van der Waals surface area contributed by atoms with Crippen LogP contribution < -0.4 is 9.47 Å². The van der Waals surface area contributed by atoms with Gasteiger partial charge in [-0.25, -0.2) is 0 Å². The summed E-state index contributed by atoms with van der Waals surface area (Å²) in [5.74, 6) is 3.27. The Morgan fingerprint density at radius 2 is 1.58 bits per heavy atom. The summed E-state index contributed by atoms with van der Waals surface area (Å²) < 4.78 is 11.3. The molecule has 0 heterocycles. The van der Waals surface area contributed by atoms with Crippen molar-refractivity contribution in [1.82, 2.24) is 0 Å². The summed E-state index contributed by atoms with van der Waals surface area (Å²) in [7, 11) is 0. The van der Waals surface area contributed by atoms with Crippen LogP contribution in [0.3, 0.4) is 0 Å². The molecule has 0 amide bonds. The predicted molar refractivity (Wildman–Crippen MR) is 143 cm³/mol. The second-order valence-corrected chi connectivity index (χ2v) is 9.90. The zero-order valence-electron chi connectivity index (χ0n) is 19.9.